The summed E-state index contributed by atoms with van der Waals surface area (Å²) < 4.78 is 36.5. The summed E-state index contributed by atoms with van der Waals surface area (Å²) >= 11 is 0. The lowest BCUT2D eigenvalue weighted by Crippen LogP contribution is -2.40. The van der Waals surface area contributed by atoms with E-state index in [1.165, 1.54) is 36.7 Å². The zero-order chi connectivity index (χ0) is 17.9. The maximum Gasteiger partial charge on any atom is 0.337 e. The minimum Gasteiger partial charge on any atom is -0.495 e. The fraction of sp³-hybridized carbons (Fsp3) is 0.467. The van der Waals surface area contributed by atoms with Gasteiger partial charge in [0.25, 0.3) is 0 Å². The molecule has 0 saturated carbocycles. The molecule has 0 radical (unpaired) electrons. The number of carboxylic acids is 1. The average Bonchev–Trinajstić information content (AvgIpc) is 2.60. The number of ether oxygens (including phenoxy) is 2. The fourth-order valence-corrected chi connectivity index (χ4v) is 4.21. The molecule has 1 aliphatic heterocycles. The molecule has 24 heavy (non-hydrogen) atoms. The van der Waals surface area contributed by atoms with Crippen molar-refractivity contribution in [2.45, 2.75) is 17.7 Å². The van der Waals surface area contributed by atoms with Crippen molar-refractivity contribution in [3.63, 3.8) is 0 Å². The molecule has 1 aromatic rings. The van der Waals surface area contributed by atoms with E-state index in [2.05, 4.69) is 4.74 Å². The Hall–Kier alpha value is -2.13. The van der Waals surface area contributed by atoms with Crippen molar-refractivity contribution in [3.05, 3.63) is 23.8 Å². The molecule has 2 rings (SSSR count). The monoisotopic (exact) mass is 357 g/mol. The third kappa shape index (κ3) is 3.51. The molecule has 0 amide bonds. The van der Waals surface area contributed by atoms with Crippen LogP contribution < -0.4 is 4.74 Å². The van der Waals surface area contributed by atoms with Gasteiger partial charge < -0.3 is 14.6 Å². The van der Waals surface area contributed by atoms with E-state index in [1.807, 2.05) is 0 Å². The van der Waals surface area contributed by atoms with Gasteiger partial charge in [0.1, 0.15) is 10.6 Å². The van der Waals surface area contributed by atoms with Crippen LogP contribution in [0.5, 0.6) is 5.75 Å². The molecule has 9 heteroatoms. The summed E-state index contributed by atoms with van der Waals surface area (Å²) in [5, 5.41) is 9.00. The van der Waals surface area contributed by atoms with Gasteiger partial charge in [0, 0.05) is 13.1 Å². The second kappa shape index (κ2) is 7.18. The number of rotatable bonds is 5. The number of benzene rings is 1. The summed E-state index contributed by atoms with van der Waals surface area (Å²) in [4.78, 5) is 22.5. The molecule has 1 aromatic carbocycles. The third-order valence-corrected chi connectivity index (χ3v) is 5.94. The number of sulfonamides is 1. The number of piperidine rings is 1. The lowest BCUT2D eigenvalue weighted by Gasteiger charge is -2.29. The number of carbonyl (C=O) groups is 2. The lowest BCUT2D eigenvalue weighted by atomic mass is 9.99. The van der Waals surface area contributed by atoms with E-state index in [1.54, 1.807) is 0 Å². The van der Waals surface area contributed by atoms with Gasteiger partial charge in [0.15, 0.2) is 0 Å². The zero-order valence-electron chi connectivity index (χ0n) is 13.4. The first-order valence-electron chi connectivity index (χ1n) is 7.30. The zero-order valence-corrected chi connectivity index (χ0v) is 14.2. The van der Waals surface area contributed by atoms with Crippen LogP contribution in [0.1, 0.15) is 23.2 Å². The molecular weight excluding hydrogens is 338 g/mol. The predicted octanol–water partition coefficient (Wildman–Crippen LogP) is 0.967. The van der Waals surface area contributed by atoms with E-state index in [4.69, 9.17) is 9.84 Å². The molecule has 1 fully saturated rings. The molecule has 0 aliphatic carbocycles. The number of hydrogen-bond acceptors (Lipinski definition) is 6. The van der Waals surface area contributed by atoms with Crippen LogP contribution in [0, 0.1) is 5.92 Å². The van der Waals surface area contributed by atoms with Crippen molar-refractivity contribution in [1.29, 1.82) is 0 Å². The Balaban J connectivity index is 2.29. The van der Waals surface area contributed by atoms with Crippen molar-refractivity contribution in [2.24, 2.45) is 5.92 Å². The molecule has 1 saturated heterocycles. The Bertz CT molecular complexity index is 736. The van der Waals surface area contributed by atoms with Crippen LogP contribution in [0.2, 0.25) is 0 Å². The number of methoxy groups -OCH3 is 2. The maximum absolute atomic E-state index is 12.8. The van der Waals surface area contributed by atoms with Crippen LogP contribution >= 0.6 is 0 Å². The standard InChI is InChI=1S/C15H19NO7S/c1-22-12-9-11(15(19)23-2)3-4-13(12)24(20,21)16-7-5-10(6-8-16)14(17)18/h3-4,9-10H,5-8H2,1-2H3,(H,17,18). The second-order valence-corrected chi connectivity index (χ2v) is 7.28. The van der Waals surface area contributed by atoms with Crippen LogP contribution in [0.4, 0.5) is 0 Å². The molecule has 1 heterocycles. The van der Waals surface area contributed by atoms with Gasteiger partial charge >= 0.3 is 11.9 Å². The van der Waals surface area contributed by atoms with Gasteiger partial charge in [0.05, 0.1) is 25.7 Å². The van der Waals surface area contributed by atoms with Crippen molar-refractivity contribution in [2.75, 3.05) is 27.3 Å². The second-order valence-electron chi connectivity index (χ2n) is 5.37. The number of esters is 1. The first kappa shape index (κ1) is 18.2. The van der Waals surface area contributed by atoms with Crippen LogP contribution in [0.25, 0.3) is 0 Å². The minimum absolute atomic E-state index is 0.0401. The lowest BCUT2D eigenvalue weighted by molar-refractivity contribution is -0.142. The molecule has 1 N–H and O–H groups in total. The van der Waals surface area contributed by atoms with E-state index < -0.39 is 27.9 Å². The highest BCUT2D eigenvalue weighted by molar-refractivity contribution is 7.89. The van der Waals surface area contributed by atoms with Crippen LogP contribution in [0.3, 0.4) is 0 Å². The van der Waals surface area contributed by atoms with Crippen molar-refractivity contribution in [3.8, 4) is 5.75 Å². The summed E-state index contributed by atoms with van der Waals surface area (Å²) in [6, 6.07) is 3.96. The van der Waals surface area contributed by atoms with Gasteiger partial charge in [-0.3, -0.25) is 4.79 Å². The van der Waals surface area contributed by atoms with Gasteiger partial charge in [-0.15, -0.1) is 0 Å². The highest BCUT2D eigenvalue weighted by Gasteiger charge is 2.33. The van der Waals surface area contributed by atoms with E-state index in [9.17, 15) is 18.0 Å². The minimum atomic E-state index is -3.84. The third-order valence-electron chi connectivity index (χ3n) is 4.01. The summed E-state index contributed by atoms with van der Waals surface area (Å²) in [5.41, 5.74) is 0.179. The number of hydrogen-bond donors (Lipinski definition) is 1. The van der Waals surface area contributed by atoms with E-state index in [-0.39, 0.29) is 42.1 Å². The quantitative estimate of drug-likeness (QED) is 0.782. The Morgan fingerprint density at radius 1 is 1.21 bits per heavy atom. The highest BCUT2D eigenvalue weighted by Crippen LogP contribution is 2.30. The normalized spacial score (nSPS) is 16.6. The van der Waals surface area contributed by atoms with Crippen LogP contribution in [-0.4, -0.2) is 57.1 Å². The first-order valence-corrected chi connectivity index (χ1v) is 8.74. The van der Waals surface area contributed by atoms with Gasteiger partial charge in [-0.05, 0) is 31.0 Å². The average molecular weight is 357 g/mol. The Labute approximate surface area is 140 Å². The Morgan fingerprint density at radius 3 is 2.33 bits per heavy atom. The van der Waals surface area contributed by atoms with E-state index in [0.717, 1.165) is 0 Å². The molecule has 0 aromatic heterocycles. The summed E-state index contributed by atoms with van der Waals surface area (Å²) in [6.45, 7) is 0.252. The summed E-state index contributed by atoms with van der Waals surface area (Å²) in [5.74, 6) is -2.00. The van der Waals surface area contributed by atoms with Crippen molar-refractivity contribution in [1.82, 2.24) is 4.31 Å². The van der Waals surface area contributed by atoms with Crippen LogP contribution in [-0.2, 0) is 19.6 Å². The van der Waals surface area contributed by atoms with Crippen molar-refractivity contribution >= 4 is 22.0 Å². The molecule has 1 aliphatic rings. The van der Waals surface area contributed by atoms with Gasteiger partial charge in [0.2, 0.25) is 10.0 Å². The molecule has 0 atom stereocenters. The smallest absolute Gasteiger partial charge is 0.337 e. The Kier molecular flexibility index (Phi) is 5.45. The van der Waals surface area contributed by atoms with Crippen LogP contribution in [0.15, 0.2) is 23.1 Å². The summed E-state index contributed by atoms with van der Waals surface area (Å²) in [7, 11) is -1.30. The number of carboxylic acid groups (broad SMARTS) is 1. The first-order chi connectivity index (χ1) is 11.3. The van der Waals surface area contributed by atoms with Gasteiger partial charge in [-0.1, -0.05) is 0 Å². The summed E-state index contributed by atoms with van der Waals surface area (Å²) in [6.07, 6.45) is 0.522. The molecule has 0 spiro atoms. The van der Waals surface area contributed by atoms with Crippen molar-refractivity contribution < 1.29 is 32.6 Å². The molecule has 0 bridgehead atoms. The predicted molar refractivity (Wildman–Crippen MR) is 83.5 cm³/mol. The maximum atomic E-state index is 12.8. The topological polar surface area (TPSA) is 110 Å². The number of aliphatic carboxylic acids is 1. The molecule has 8 nitrogen and oxygen atoms in total. The molecule has 0 unspecified atom stereocenters. The van der Waals surface area contributed by atoms with E-state index in [0.29, 0.717) is 0 Å². The van der Waals surface area contributed by atoms with Gasteiger partial charge in [-0.25, -0.2) is 13.2 Å². The van der Waals surface area contributed by atoms with Gasteiger partial charge in [-0.2, -0.15) is 4.31 Å². The number of carbonyl (C=O) groups excluding carboxylic acids is 1. The highest BCUT2D eigenvalue weighted by atomic mass is 32.2. The number of nitrogens with zero attached hydrogens (tertiary/aromatic N) is 1. The SMILES string of the molecule is COC(=O)c1ccc(S(=O)(=O)N2CCC(C(=O)O)CC2)c(OC)c1. The molecule has 132 valence electrons. The fourth-order valence-electron chi connectivity index (χ4n) is 2.61. The largest absolute Gasteiger partial charge is 0.495 e. The van der Waals surface area contributed by atoms with E-state index >= 15 is 0 Å². The Morgan fingerprint density at radius 2 is 1.83 bits per heavy atom. The molecular formula is C15H19NO7S.